The molecule has 0 saturated heterocycles. The average Bonchev–Trinajstić information content (AvgIpc) is 2.51. The summed E-state index contributed by atoms with van der Waals surface area (Å²) in [6, 6.07) is 12.8. The third kappa shape index (κ3) is 5.92. The molecule has 0 fully saturated rings. The molecule has 1 amide bonds. The highest BCUT2D eigenvalue weighted by molar-refractivity contribution is 6.41. The highest BCUT2D eigenvalue weighted by atomic mass is 35.5. The largest absolute Gasteiger partial charge is 0.376 e. The Bertz CT molecular complexity index is 643. The lowest BCUT2D eigenvalue weighted by Gasteiger charge is -2.12. The van der Waals surface area contributed by atoms with E-state index in [1.54, 1.807) is 0 Å². The Morgan fingerprint density at radius 2 is 1.70 bits per heavy atom. The number of hydrogen-bond donors (Lipinski definition) is 2. The number of halogens is 3. The van der Waals surface area contributed by atoms with E-state index in [1.807, 2.05) is 30.3 Å². The second-order valence-corrected chi connectivity index (χ2v) is 5.96. The number of carbonyl (C=O) groups excluding carboxylic acids is 1. The number of rotatable bonds is 7. The Kier molecular flexibility index (Phi) is 6.99. The predicted molar refractivity (Wildman–Crippen MR) is 94.0 cm³/mol. The summed E-state index contributed by atoms with van der Waals surface area (Å²) in [7, 11) is 0. The van der Waals surface area contributed by atoms with Crippen LogP contribution in [-0.2, 0) is 16.1 Å². The maximum Gasteiger partial charge on any atom is 0.240 e. The van der Waals surface area contributed by atoms with E-state index in [-0.39, 0.29) is 12.3 Å². The number of ether oxygens (including phenoxy) is 1. The van der Waals surface area contributed by atoms with Gasteiger partial charge in [0.25, 0.3) is 0 Å². The lowest BCUT2D eigenvalue weighted by atomic mass is 10.2. The van der Waals surface area contributed by atoms with Crippen LogP contribution in [0.3, 0.4) is 0 Å². The van der Waals surface area contributed by atoms with Gasteiger partial charge in [-0.3, -0.25) is 15.6 Å². The van der Waals surface area contributed by atoms with Crippen molar-refractivity contribution in [2.75, 3.05) is 12.0 Å². The Morgan fingerprint density at radius 3 is 2.35 bits per heavy atom. The molecule has 0 unspecified atom stereocenters. The van der Waals surface area contributed by atoms with Crippen LogP contribution in [-0.4, -0.2) is 12.5 Å². The molecule has 0 saturated carbocycles. The summed E-state index contributed by atoms with van der Waals surface area (Å²) in [5.74, 6) is -0.236. The van der Waals surface area contributed by atoms with Gasteiger partial charge in [-0.25, -0.2) is 0 Å². The molecule has 0 aliphatic carbocycles. The van der Waals surface area contributed by atoms with E-state index >= 15 is 0 Å². The second-order valence-electron chi connectivity index (χ2n) is 4.71. The van der Waals surface area contributed by atoms with Crippen molar-refractivity contribution in [1.29, 1.82) is 0 Å². The molecule has 0 spiro atoms. The summed E-state index contributed by atoms with van der Waals surface area (Å²) in [5.41, 5.74) is 6.67. The topological polar surface area (TPSA) is 50.4 Å². The van der Waals surface area contributed by atoms with Gasteiger partial charge >= 0.3 is 0 Å². The van der Waals surface area contributed by atoms with E-state index in [1.165, 1.54) is 12.1 Å². The molecule has 0 aliphatic rings. The summed E-state index contributed by atoms with van der Waals surface area (Å²) in [4.78, 5) is 11.8. The first-order valence-electron chi connectivity index (χ1n) is 6.87. The van der Waals surface area contributed by atoms with Crippen molar-refractivity contribution in [2.24, 2.45) is 0 Å². The molecular weight excluding hydrogens is 359 g/mol. The minimum atomic E-state index is -0.236. The molecule has 2 N–H and O–H groups in total. The number of anilines is 1. The first-order chi connectivity index (χ1) is 11.1. The standard InChI is InChI=1S/C16H15Cl3N2O2/c17-12-8-13(18)16(14(19)9-12)21-20-15(22)6-7-23-10-11-4-2-1-3-5-11/h1-5,8-9,21H,6-7,10H2,(H,20,22). The molecule has 0 heterocycles. The van der Waals surface area contributed by atoms with Crippen LogP contribution in [0.4, 0.5) is 5.69 Å². The number of nitrogens with one attached hydrogen (secondary N) is 2. The maximum atomic E-state index is 11.8. The van der Waals surface area contributed by atoms with Gasteiger partial charge in [0, 0.05) is 5.02 Å². The van der Waals surface area contributed by atoms with Crippen molar-refractivity contribution < 1.29 is 9.53 Å². The zero-order chi connectivity index (χ0) is 16.7. The zero-order valence-corrected chi connectivity index (χ0v) is 14.4. The van der Waals surface area contributed by atoms with Crippen molar-refractivity contribution in [3.63, 3.8) is 0 Å². The normalized spacial score (nSPS) is 10.4. The van der Waals surface area contributed by atoms with Gasteiger partial charge in [-0.05, 0) is 17.7 Å². The van der Waals surface area contributed by atoms with Crippen LogP contribution >= 0.6 is 34.8 Å². The highest BCUT2D eigenvalue weighted by Gasteiger charge is 2.09. The fourth-order valence-electron chi connectivity index (χ4n) is 1.79. The fraction of sp³-hybridized carbons (Fsp3) is 0.188. The number of carbonyl (C=O) groups is 1. The molecule has 0 radical (unpaired) electrons. The van der Waals surface area contributed by atoms with Gasteiger partial charge < -0.3 is 4.74 Å². The molecule has 0 aliphatic heterocycles. The minimum Gasteiger partial charge on any atom is -0.376 e. The quantitative estimate of drug-likeness (QED) is 0.546. The smallest absolute Gasteiger partial charge is 0.240 e. The third-order valence-electron chi connectivity index (χ3n) is 2.92. The van der Waals surface area contributed by atoms with Crippen LogP contribution in [0.5, 0.6) is 0 Å². The van der Waals surface area contributed by atoms with Gasteiger partial charge in [-0.2, -0.15) is 0 Å². The molecule has 23 heavy (non-hydrogen) atoms. The SMILES string of the molecule is O=C(CCOCc1ccccc1)NNc1c(Cl)cc(Cl)cc1Cl. The lowest BCUT2D eigenvalue weighted by molar-refractivity contribution is -0.121. The summed E-state index contributed by atoms with van der Waals surface area (Å²) in [6.45, 7) is 0.779. The molecule has 0 bridgehead atoms. The van der Waals surface area contributed by atoms with E-state index in [0.29, 0.717) is 34.0 Å². The first kappa shape index (κ1) is 17.9. The molecule has 2 aromatic carbocycles. The Balaban J connectivity index is 1.71. The van der Waals surface area contributed by atoms with Crippen molar-refractivity contribution >= 4 is 46.4 Å². The molecule has 122 valence electrons. The van der Waals surface area contributed by atoms with Crippen LogP contribution in [0, 0.1) is 0 Å². The molecular formula is C16H15Cl3N2O2. The first-order valence-corrected chi connectivity index (χ1v) is 8.00. The maximum absolute atomic E-state index is 11.8. The summed E-state index contributed by atoms with van der Waals surface area (Å²) in [5, 5.41) is 1.07. The van der Waals surface area contributed by atoms with E-state index in [9.17, 15) is 4.79 Å². The van der Waals surface area contributed by atoms with Gasteiger partial charge in [-0.1, -0.05) is 65.1 Å². The number of hydrogen-bond acceptors (Lipinski definition) is 3. The summed E-state index contributed by atoms with van der Waals surface area (Å²) >= 11 is 17.8. The molecule has 0 atom stereocenters. The Labute approximate surface area is 149 Å². The zero-order valence-electron chi connectivity index (χ0n) is 12.1. The Morgan fingerprint density at radius 1 is 1.04 bits per heavy atom. The fourth-order valence-corrected chi connectivity index (χ4v) is 2.70. The summed E-state index contributed by atoms with van der Waals surface area (Å²) < 4.78 is 5.45. The van der Waals surface area contributed by atoms with Crippen molar-refractivity contribution in [1.82, 2.24) is 5.43 Å². The average molecular weight is 374 g/mol. The molecule has 2 rings (SSSR count). The molecule has 0 aromatic heterocycles. The summed E-state index contributed by atoms with van der Waals surface area (Å²) in [6.07, 6.45) is 0.211. The monoisotopic (exact) mass is 372 g/mol. The number of hydrazine groups is 1. The van der Waals surface area contributed by atoms with Gasteiger partial charge in [0.1, 0.15) is 0 Å². The predicted octanol–water partition coefficient (Wildman–Crippen LogP) is 4.70. The van der Waals surface area contributed by atoms with E-state index in [2.05, 4.69) is 10.9 Å². The number of amides is 1. The van der Waals surface area contributed by atoms with Crippen LogP contribution in [0.2, 0.25) is 15.1 Å². The second kappa shape index (κ2) is 8.99. The van der Waals surface area contributed by atoms with E-state index in [4.69, 9.17) is 39.5 Å². The van der Waals surface area contributed by atoms with Gasteiger partial charge in [0.05, 0.1) is 35.4 Å². The molecule has 7 heteroatoms. The van der Waals surface area contributed by atoms with Gasteiger partial charge in [-0.15, -0.1) is 0 Å². The number of benzene rings is 2. The van der Waals surface area contributed by atoms with E-state index < -0.39 is 0 Å². The molecule has 4 nitrogen and oxygen atoms in total. The Hall–Kier alpha value is -1.46. The van der Waals surface area contributed by atoms with Crippen molar-refractivity contribution in [3.05, 3.63) is 63.1 Å². The lowest BCUT2D eigenvalue weighted by Crippen LogP contribution is -2.30. The highest BCUT2D eigenvalue weighted by Crippen LogP contribution is 2.32. The van der Waals surface area contributed by atoms with E-state index in [0.717, 1.165) is 5.56 Å². The van der Waals surface area contributed by atoms with Crippen LogP contribution < -0.4 is 10.9 Å². The van der Waals surface area contributed by atoms with Crippen molar-refractivity contribution in [3.8, 4) is 0 Å². The molecule has 2 aromatic rings. The van der Waals surface area contributed by atoms with Crippen LogP contribution in [0.15, 0.2) is 42.5 Å². The van der Waals surface area contributed by atoms with Gasteiger partial charge in [0.15, 0.2) is 0 Å². The van der Waals surface area contributed by atoms with Crippen LogP contribution in [0.1, 0.15) is 12.0 Å². The van der Waals surface area contributed by atoms with Gasteiger partial charge in [0.2, 0.25) is 5.91 Å². The third-order valence-corrected chi connectivity index (χ3v) is 3.73. The minimum absolute atomic E-state index is 0.211. The van der Waals surface area contributed by atoms with Crippen LogP contribution in [0.25, 0.3) is 0 Å². The van der Waals surface area contributed by atoms with Crippen molar-refractivity contribution in [2.45, 2.75) is 13.0 Å².